The Labute approximate surface area is 194 Å². The highest BCUT2D eigenvalue weighted by molar-refractivity contribution is 6.04. The predicted octanol–water partition coefficient (Wildman–Crippen LogP) is 5.45. The molecule has 5 aromatic rings. The zero-order valence-electron chi connectivity index (χ0n) is 18.0. The van der Waals surface area contributed by atoms with E-state index in [0.717, 1.165) is 27.2 Å². The van der Waals surface area contributed by atoms with Gasteiger partial charge in [0.2, 0.25) is 5.82 Å². The van der Waals surface area contributed by atoms with Crippen LogP contribution in [0.4, 0.5) is 5.82 Å². The Morgan fingerprint density at radius 1 is 1.03 bits per heavy atom. The topological polar surface area (TPSA) is 103 Å². The Morgan fingerprint density at radius 3 is 2.65 bits per heavy atom. The minimum atomic E-state index is -0.496. The molecule has 2 heterocycles. The van der Waals surface area contributed by atoms with Gasteiger partial charge in [0.05, 0.1) is 5.56 Å². The number of nitro groups is 1. The molecule has 5 rings (SSSR count). The minimum absolute atomic E-state index is 0.0371. The summed E-state index contributed by atoms with van der Waals surface area (Å²) in [5.74, 6) is -0.253. The van der Waals surface area contributed by atoms with Crippen LogP contribution in [0.5, 0.6) is 0 Å². The van der Waals surface area contributed by atoms with Crippen molar-refractivity contribution in [1.82, 2.24) is 14.5 Å². The summed E-state index contributed by atoms with van der Waals surface area (Å²) in [5.41, 5.74) is 2.23. The maximum Gasteiger partial charge on any atom is 0.343 e. The second kappa shape index (κ2) is 9.03. The molecule has 8 nitrogen and oxygen atoms in total. The number of fused-ring (bicyclic) bond motifs is 2. The lowest BCUT2D eigenvalue weighted by Crippen LogP contribution is -2.13. The maximum absolute atomic E-state index is 12.6. The van der Waals surface area contributed by atoms with Gasteiger partial charge in [0, 0.05) is 23.2 Å². The highest BCUT2D eigenvalue weighted by Crippen LogP contribution is 2.22. The smallest absolute Gasteiger partial charge is 0.343 e. The monoisotopic (exact) mass is 452 g/mol. The fourth-order valence-corrected chi connectivity index (χ4v) is 4.00. The first-order chi connectivity index (χ1) is 16.6. The number of rotatable bonds is 7. The number of nitrogens with one attached hydrogen (secondary N) is 1. The van der Waals surface area contributed by atoms with Crippen LogP contribution in [0.25, 0.3) is 33.8 Å². The van der Waals surface area contributed by atoms with Crippen LogP contribution in [-0.2, 0) is 11.3 Å². The van der Waals surface area contributed by atoms with Gasteiger partial charge in [0.15, 0.2) is 0 Å². The van der Waals surface area contributed by atoms with Crippen molar-refractivity contribution < 1.29 is 14.5 Å². The molecule has 1 N–H and O–H groups in total. The van der Waals surface area contributed by atoms with Gasteiger partial charge in [0.25, 0.3) is 0 Å². The van der Waals surface area contributed by atoms with Crippen molar-refractivity contribution in [2.45, 2.75) is 6.54 Å². The maximum atomic E-state index is 12.6. The third kappa shape index (κ3) is 4.04. The first kappa shape index (κ1) is 21.1. The molecule has 0 fully saturated rings. The normalized spacial score (nSPS) is 11.4. The van der Waals surface area contributed by atoms with Crippen LogP contribution in [0.2, 0.25) is 0 Å². The molecular formula is C26H20N4O4. The number of carbonyl (C=O) groups excluding carboxylic acids is 1. The second-order valence-electron chi connectivity index (χ2n) is 7.67. The summed E-state index contributed by atoms with van der Waals surface area (Å²) < 4.78 is 6.86. The molecule has 0 amide bonds. The van der Waals surface area contributed by atoms with Crippen molar-refractivity contribution in [2.75, 3.05) is 6.61 Å². The Kier molecular flexibility index (Phi) is 5.61. The van der Waals surface area contributed by atoms with E-state index >= 15 is 0 Å². The summed E-state index contributed by atoms with van der Waals surface area (Å²) >= 11 is 0. The van der Waals surface area contributed by atoms with E-state index in [-0.39, 0.29) is 19.0 Å². The zero-order chi connectivity index (χ0) is 23.5. The number of hydrogen-bond donors (Lipinski definition) is 1. The van der Waals surface area contributed by atoms with Crippen LogP contribution in [0.3, 0.4) is 0 Å². The number of imidazole rings is 1. The van der Waals surface area contributed by atoms with Crippen molar-refractivity contribution in [3.05, 3.63) is 106 Å². The van der Waals surface area contributed by atoms with E-state index in [1.165, 1.54) is 10.8 Å². The first-order valence-electron chi connectivity index (χ1n) is 10.7. The first-order valence-corrected chi connectivity index (χ1v) is 10.7. The predicted molar refractivity (Wildman–Crippen MR) is 130 cm³/mol. The molecule has 168 valence electrons. The second-order valence-corrected chi connectivity index (χ2v) is 7.67. The number of para-hydroxylation sites is 1. The van der Waals surface area contributed by atoms with E-state index in [1.807, 2.05) is 72.8 Å². The summed E-state index contributed by atoms with van der Waals surface area (Å²) in [6, 6.07) is 21.4. The molecule has 3 aromatic carbocycles. The van der Waals surface area contributed by atoms with Gasteiger partial charge in [-0.25, -0.2) is 14.3 Å². The number of esters is 1. The van der Waals surface area contributed by atoms with Crippen LogP contribution >= 0.6 is 0 Å². The molecule has 0 aliphatic rings. The lowest BCUT2D eigenvalue weighted by Gasteiger charge is -2.05. The molecule has 2 aromatic heterocycles. The fraction of sp³-hybridized carbons (Fsp3) is 0.0769. The van der Waals surface area contributed by atoms with Gasteiger partial charge in [-0.05, 0) is 33.4 Å². The number of hydrogen-bond acceptors (Lipinski definition) is 5. The van der Waals surface area contributed by atoms with Crippen molar-refractivity contribution >= 4 is 45.6 Å². The largest absolute Gasteiger partial charge is 0.458 e. The van der Waals surface area contributed by atoms with E-state index in [2.05, 4.69) is 9.97 Å². The lowest BCUT2D eigenvalue weighted by molar-refractivity contribution is -0.392. The average molecular weight is 452 g/mol. The lowest BCUT2D eigenvalue weighted by atomic mass is 10.0. The molecule has 0 spiro atoms. The molecule has 0 aliphatic carbocycles. The zero-order valence-corrected chi connectivity index (χ0v) is 18.0. The van der Waals surface area contributed by atoms with Gasteiger partial charge in [0.1, 0.15) is 19.3 Å². The van der Waals surface area contributed by atoms with E-state index < -0.39 is 10.9 Å². The summed E-state index contributed by atoms with van der Waals surface area (Å²) in [5, 5.41) is 14.5. The fourth-order valence-electron chi connectivity index (χ4n) is 4.00. The van der Waals surface area contributed by atoms with Gasteiger partial charge in [-0.15, -0.1) is 0 Å². The van der Waals surface area contributed by atoms with E-state index in [9.17, 15) is 14.9 Å². The van der Waals surface area contributed by atoms with Crippen molar-refractivity contribution in [1.29, 1.82) is 0 Å². The van der Waals surface area contributed by atoms with Gasteiger partial charge < -0.3 is 19.8 Å². The molecule has 0 saturated carbocycles. The molecule has 34 heavy (non-hydrogen) atoms. The Hall–Kier alpha value is -4.72. The number of benzene rings is 3. The SMILES string of the molecule is O=C(OCCn1c([N+](=O)[O-])cnc1/C=C\c1cccc2ccccc12)c1c[nH]c2ccccc12. The van der Waals surface area contributed by atoms with Crippen LogP contribution in [0.1, 0.15) is 21.7 Å². The molecule has 0 atom stereocenters. The molecule has 0 saturated heterocycles. The van der Waals surface area contributed by atoms with E-state index in [0.29, 0.717) is 11.4 Å². The number of ether oxygens (including phenoxy) is 1. The van der Waals surface area contributed by atoms with Crippen molar-refractivity contribution in [2.24, 2.45) is 0 Å². The third-order valence-corrected chi connectivity index (χ3v) is 5.64. The average Bonchev–Trinajstić information content (AvgIpc) is 3.47. The number of aromatic nitrogens is 3. The summed E-state index contributed by atoms with van der Waals surface area (Å²) in [6.07, 6.45) is 6.42. The number of nitrogens with zero attached hydrogens (tertiary/aromatic N) is 3. The Balaban J connectivity index is 1.35. The quantitative estimate of drug-likeness (QED) is 0.201. The highest BCUT2D eigenvalue weighted by Gasteiger charge is 2.20. The van der Waals surface area contributed by atoms with Gasteiger partial charge in [-0.2, -0.15) is 0 Å². The minimum Gasteiger partial charge on any atom is -0.458 e. The Morgan fingerprint density at radius 2 is 1.79 bits per heavy atom. The van der Waals surface area contributed by atoms with Gasteiger partial charge >= 0.3 is 11.8 Å². The summed E-state index contributed by atoms with van der Waals surface area (Å²) in [7, 11) is 0. The van der Waals surface area contributed by atoms with Crippen LogP contribution < -0.4 is 0 Å². The molecule has 8 heteroatoms. The number of carbonyl (C=O) groups is 1. The number of H-pyrrole nitrogens is 1. The van der Waals surface area contributed by atoms with E-state index in [4.69, 9.17) is 4.74 Å². The molecule has 0 unspecified atom stereocenters. The van der Waals surface area contributed by atoms with Crippen molar-refractivity contribution in [3.8, 4) is 0 Å². The standard InChI is InChI=1S/C26H20N4O4/c31-26(22-16-27-23-11-4-3-10-21(22)23)34-15-14-29-24(28-17-25(29)30(32)33)13-12-19-8-5-7-18-6-1-2-9-20(18)19/h1-13,16-17,27H,14-15H2/b13-12-. The van der Waals surface area contributed by atoms with E-state index in [1.54, 1.807) is 12.3 Å². The molecule has 0 bridgehead atoms. The van der Waals surface area contributed by atoms with Crippen LogP contribution in [0, 0.1) is 10.1 Å². The van der Waals surface area contributed by atoms with Crippen LogP contribution in [0.15, 0.2) is 79.1 Å². The third-order valence-electron chi connectivity index (χ3n) is 5.64. The molecule has 0 radical (unpaired) electrons. The Bertz CT molecular complexity index is 1540. The van der Waals surface area contributed by atoms with Crippen molar-refractivity contribution in [3.63, 3.8) is 0 Å². The summed E-state index contributed by atoms with van der Waals surface area (Å²) in [4.78, 5) is 30.8. The van der Waals surface area contributed by atoms with Gasteiger partial charge in [-0.3, -0.25) is 0 Å². The number of aromatic amines is 1. The highest BCUT2D eigenvalue weighted by atomic mass is 16.6. The van der Waals surface area contributed by atoms with Gasteiger partial charge in [-0.1, -0.05) is 60.7 Å². The van der Waals surface area contributed by atoms with Crippen LogP contribution in [-0.4, -0.2) is 32.0 Å². The summed E-state index contributed by atoms with van der Waals surface area (Å²) in [6.45, 7) is 0.0598. The molecule has 0 aliphatic heterocycles. The molecular weight excluding hydrogens is 432 g/mol.